The van der Waals surface area contributed by atoms with Crippen molar-refractivity contribution in [3.05, 3.63) is 59.3 Å². The van der Waals surface area contributed by atoms with Crippen molar-refractivity contribution in [2.24, 2.45) is 0 Å². The molecule has 2 aromatic carbocycles. The second kappa shape index (κ2) is 6.78. The Bertz CT molecular complexity index is 1230. The number of thioether (sulfide) groups is 1. The van der Waals surface area contributed by atoms with Crippen LogP contribution in [0.4, 0.5) is 5.82 Å². The number of nitrogens with one attached hydrogen (secondary N) is 1. The number of hydrogen-bond donors (Lipinski definition) is 3. The number of thiazole rings is 1. The monoisotopic (exact) mass is 424 g/mol. The number of para-hydroxylation sites is 1. The van der Waals surface area contributed by atoms with Gasteiger partial charge in [0, 0.05) is 5.56 Å². The number of rotatable bonds is 2. The van der Waals surface area contributed by atoms with Crippen LogP contribution in [0.1, 0.15) is 22.1 Å². The molecule has 2 aromatic heterocycles. The van der Waals surface area contributed by atoms with E-state index in [0.29, 0.717) is 10.9 Å². The zero-order valence-corrected chi connectivity index (χ0v) is 16.9. The Morgan fingerprint density at radius 3 is 2.79 bits per heavy atom. The van der Waals surface area contributed by atoms with E-state index in [2.05, 4.69) is 15.4 Å². The highest BCUT2D eigenvalue weighted by Crippen LogP contribution is 2.45. The van der Waals surface area contributed by atoms with E-state index in [1.54, 1.807) is 10.7 Å². The van der Waals surface area contributed by atoms with Crippen molar-refractivity contribution in [2.45, 2.75) is 12.2 Å². The van der Waals surface area contributed by atoms with Crippen LogP contribution in [0.3, 0.4) is 0 Å². The number of nitrogens with zero attached hydrogens (tertiary/aromatic N) is 3. The third-order valence-corrected chi connectivity index (χ3v) is 7.06. The molecule has 0 bridgehead atoms. The number of hydrogen-bond acceptors (Lipinski definition) is 7. The van der Waals surface area contributed by atoms with E-state index in [9.17, 15) is 15.0 Å². The second-order valence-electron chi connectivity index (χ2n) is 6.71. The molecule has 0 saturated carbocycles. The highest BCUT2D eigenvalue weighted by molar-refractivity contribution is 8.00. The lowest BCUT2D eigenvalue weighted by Crippen LogP contribution is -2.15. The Morgan fingerprint density at radius 1 is 1.17 bits per heavy atom. The Morgan fingerprint density at radius 2 is 2.00 bits per heavy atom. The number of carbonyl (C=O) groups is 1. The minimum Gasteiger partial charge on any atom is -0.504 e. The van der Waals surface area contributed by atoms with Gasteiger partial charge in [-0.25, -0.2) is 4.98 Å². The first-order chi connectivity index (χ1) is 14.0. The predicted octanol–water partition coefficient (Wildman–Crippen LogP) is 3.98. The molecule has 3 heterocycles. The lowest BCUT2D eigenvalue weighted by molar-refractivity contribution is -0.113. The van der Waals surface area contributed by atoms with E-state index >= 15 is 0 Å². The van der Waals surface area contributed by atoms with Gasteiger partial charge in [-0.05, 0) is 36.8 Å². The zero-order chi connectivity index (χ0) is 20.1. The number of aryl methyl sites for hydroxylation is 1. The number of aromatic hydroxyl groups is 2. The summed E-state index contributed by atoms with van der Waals surface area (Å²) in [6, 6.07) is 12.6. The van der Waals surface area contributed by atoms with E-state index in [4.69, 9.17) is 0 Å². The first-order valence-electron chi connectivity index (χ1n) is 8.90. The average molecular weight is 425 g/mol. The molecule has 4 aromatic rings. The summed E-state index contributed by atoms with van der Waals surface area (Å²) in [4.78, 5) is 17.1. The molecule has 5 rings (SSSR count). The van der Waals surface area contributed by atoms with Gasteiger partial charge in [0.15, 0.2) is 11.5 Å². The van der Waals surface area contributed by atoms with Gasteiger partial charge in [-0.2, -0.15) is 9.78 Å². The van der Waals surface area contributed by atoms with E-state index in [0.717, 1.165) is 27.0 Å². The van der Waals surface area contributed by atoms with E-state index in [1.807, 2.05) is 31.2 Å². The van der Waals surface area contributed by atoms with Gasteiger partial charge in [-0.1, -0.05) is 29.5 Å². The van der Waals surface area contributed by atoms with Crippen LogP contribution in [-0.2, 0) is 4.79 Å². The molecule has 0 fully saturated rings. The summed E-state index contributed by atoms with van der Waals surface area (Å²) in [7, 11) is 0. The molecule has 0 spiro atoms. The molecular formula is C20H16N4O3S2. The van der Waals surface area contributed by atoms with E-state index in [-0.39, 0.29) is 28.4 Å². The van der Waals surface area contributed by atoms with Crippen LogP contribution in [0, 0.1) is 6.92 Å². The van der Waals surface area contributed by atoms with Gasteiger partial charge in [0.25, 0.3) is 0 Å². The molecule has 1 amide bonds. The lowest BCUT2D eigenvalue weighted by atomic mass is 10.0. The van der Waals surface area contributed by atoms with Crippen molar-refractivity contribution in [3.63, 3.8) is 0 Å². The van der Waals surface area contributed by atoms with Gasteiger partial charge in [0.1, 0.15) is 5.82 Å². The van der Waals surface area contributed by atoms with Crippen LogP contribution < -0.4 is 5.32 Å². The summed E-state index contributed by atoms with van der Waals surface area (Å²) >= 11 is 2.96. The van der Waals surface area contributed by atoms with Crippen LogP contribution >= 0.6 is 23.1 Å². The molecule has 0 radical (unpaired) electrons. The minimum atomic E-state index is -0.224. The SMILES string of the molecule is Cc1nn(-c2nc3ccccc3s2)c2c1[C@@H](c1ccc(O)c(O)c1)SCC(=O)N2. The summed E-state index contributed by atoms with van der Waals surface area (Å²) in [5.74, 6) is 0.367. The Hall–Kier alpha value is -3.04. The number of anilines is 1. The number of aromatic nitrogens is 3. The Kier molecular flexibility index (Phi) is 4.21. The topological polar surface area (TPSA) is 100 Å². The van der Waals surface area contributed by atoms with E-state index in [1.165, 1.54) is 35.2 Å². The second-order valence-corrected chi connectivity index (χ2v) is 8.81. The quantitative estimate of drug-likeness (QED) is 0.421. The first-order valence-corrected chi connectivity index (χ1v) is 10.8. The fraction of sp³-hybridized carbons (Fsp3) is 0.150. The van der Waals surface area contributed by atoms with Crippen molar-refractivity contribution in [1.29, 1.82) is 0 Å². The summed E-state index contributed by atoms with van der Waals surface area (Å²) in [5.41, 5.74) is 3.30. The van der Waals surface area contributed by atoms with Gasteiger partial charge in [0.2, 0.25) is 11.0 Å². The molecule has 146 valence electrons. The smallest absolute Gasteiger partial charge is 0.235 e. The molecule has 29 heavy (non-hydrogen) atoms. The van der Waals surface area contributed by atoms with Crippen molar-refractivity contribution in [1.82, 2.24) is 14.8 Å². The predicted molar refractivity (Wildman–Crippen MR) is 114 cm³/mol. The Labute approximate surface area is 174 Å². The molecule has 0 aliphatic carbocycles. The zero-order valence-electron chi connectivity index (χ0n) is 15.3. The fourth-order valence-electron chi connectivity index (χ4n) is 3.44. The van der Waals surface area contributed by atoms with Crippen molar-refractivity contribution in [3.8, 4) is 16.6 Å². The van der Waals surface area contributed by atoms with Crippen LogP contribution in [0.2, 0.25) is 0 Å². The normalized spacial score (nSPS) is 16.4. The Balaban J connectivity index is 1.69. The maximum absolute atomic E-state index is 12.4. The highest BCUT2D eigenvalue weighted by atomic mass is 32.2. The summed E-state index contributed by atoms with van der Waals surface area (Å²) in [5, 5.41) is 27.7. The van der Waals surface area contributed by atoms with Crippen LogP contribution in [0.5, 0.6) is 11.5 Å². The van der Waals surface area contributed by atoms with Crippen LogP contribution in [0.15, 0.2) is 42.5 Å². The molecule has 1 atom stereocenters. The molecule has 3 N–H and O–H groups in total. The van der Waals surface area contributed by atoms with Gasteiger partial charge in [-0.3, -0.25) is 4.79 Å². The standard InChI is InChI=1S/C20H16N4O3S2/c1-10-17-18(11-6-7-13(25)14(26)8-11)28-9-16(27)22-19(17)24(23-10)20-21-12-4-2-3-5-15(12)29-20/h2-8,18,25-26H,9H2,1H3,(H,22,27)/t18-/m1/s1. The molecule has 0 saturated heterocycles. The molecule has 7 nitrogen and oxygen atoms in total. The average Bonchev–Trinajstić information content (AvgIpc) is 3.21. The number of phenols is 2. The molecule has 1 aliphatic heterocycles. The first kappa shape index (κ1) is 18.0. The maximum atomic E-state index is 12.4. The maximum Gasteiger partial charge on any atom is 0.235 e. The fourth-order valence-corrected chi connectivity index (χ4v) is 5.54. The van der Waals surface area contributed by atoms with Gasteiger partial charge in [-0.15, -0.1) is 11.8 Å². The summed E-state index contributed by atoms with van der Waals surface area (Å²) < 4.78 is 2.73. The molecule has 0 unspecified atom stereocenters. The largest absolute Gasteiger partial charge is 0.504 e. The van der Waals surface area contributed by atoms with Gasteiger partial charge in [0.05, 0.1) is 26.9 Å². The number of amides is 1. The van der Waals surface area contributed by atoms with Crippen LogP contribution in [0.25, 0.3) is 15.3 Å². The van der Waals surface area contributed by atoms with Gasteiger partial charge >= 0.3 is 0 Å². The van der Waals surface area contributed by atoms with E-state index < -0.39 is 0 Å². The van der Waals surface area contributed by atoms with Crippen molar-refractivity contribution < 1.29 is 15.0 Å². The van der Waals surface area contributed by atoms with Crippen molar-refractivity contribution in [2.75, 3.05) is 11.1 Å². The third-order valence-electron chi connectivity index (χ3n) is 4.77. The lowest BCUT2D eigenvalue weighted by Gasteiger charge is -2.15. The van der Waals surface area contributed by atoms with Crippen molar-refractivity contribution >= 4 is 45.0 Å². The number of benzene rings is 2. The molecule has 9 heteroatoms. The highest BCUT2D eigenvalue weighted by Gasteiger charge is 2.31. The molecule has 1 aliphatic rings. The van der Waals surface area contributed by atoms with Crippen LogP contribution in [-0.4, -0.2) is 36.6 Å². The number of fused-ring (bicyclic) bond motifs is 2. The third kappa shape index (κ3) is 3.02. The van der Waals surface area contributed by atoms with Gasteiger partial charge < -0.3 is 15.5 Å². The summed E-state index contributed by atoms with van der Waals surface area (Å²) in [6.07, 6.45) is 0. The summed E-state index contributed by atoms with van der Waals surface area (Å²) in [6.45, 7) is 1.90. The molecular weight excluding hydrogens is 408 g/mol. The number of carbonyl (C=O) groups excluding carboxylic acids is 1. The number of phenolic OH excluding ortho intramolecular Hbond substituents is 2. The minimum absolute atomic E-state index is 0.121.